The predicted molar refractivity (Wildman–Crippen MR) is 105 cm³/mol. The minimum atomic E-state index is 0.0558. The van der Waals surface area contributed by atoms with Crippen LogP contribution in [0.15, 0.2) is 47.6 Å². The molecular weight excluding hydrogens is 346 g/mol. The van der Waals surface area contributed by atoms with E-state index in [0.717, 1.165) is 44.0 Å². The lowest BCUT2D eigenvalue weighted by Crippen LogP contribution is -2.35. The zero-order valence-corrected chi connectivity index (χ0v) is 16.2. The van der Waals surface area contributed by atoms with Gasteiger partial charge in [0.2, 0.25) is 0 Å². The minimum Gasteiger partial charge on any atom is -0.496 e. The second-order valence-electron chi connectivity index (χ2n) is 6.34. The number of rotatable bonds is 5. The molecule has 26 heavy (non-hydrogen) atoms. The highest BCUT2D eigenvalue weighted by Crippen LogP contribution is 2.26. The number of carbonyl (C=O) groups excluding carboxylic acids is 1. The number of benzene rings is 1. The molecule has 5 nitrogen and oxygen atoms in total. The second kappa shape index (κ2) is 9.05. The van der Waals surface area contributed by atoms with Gasteiger partial charge < -0.3 is 9.64 Å². The average Bonchev–Trinajstić information content (AvgIpc) is 2.93. The summed E-state index contributed by atoms with van der Waals surface area (Å²) in [5.74, 6) is 0.708. The van der Waals surface area contributed by atoms with Crippen molar-refractivity contribution < 1.29 is 9.53 Å². The molecule has 1 aromatic carbocycles. The first-order valence-corrected chi connectivity index (χ1v) is 10.1. The van der Waals surface area contributed by atoms with Crippen LogP contribution in [-0.4, -0.2) is 60.2 Å². The highest BCUT2D eigenvalue weighted by molar-refractivity contribution is 7.98. The molecule has 0 atom stereocenters. The first kappa shape index (κ1) is 18.7. The van der Waals surface area contributed by atoms with Crippen LogP contribution in [0.4, 0.5) is 0 Å². The smallest absolute Gasteiger partial charge is 0.257 e. The molecule has 1 aromatic heterocycles. The molecular formula is C20H25N3O2S. The lowest BCUT2D eigenvalue weighted by atomic mass is 10.1. The summed E-state index contributed by atoms with van der Waals surface area (Å²) in [5.41, 5.74) is 1.90. The molecule has 2 aromatic rings. The Kier molecular flexibility index (Phi) is 6.52. The molecule has 0 radical (unpaired) electrons. The van der Waals surface area contributed by atoms with Gasteiger partial charge >= 0.3 is 0 Å². The summed E-state index contributed by atoms with van der Waals surface area (Å²) in [6.45, 7) is 4.28. The van der Waals surface area contributed by atoms with E-state index in [4.69, 9.17) is 4.74 Å². The van der Waals surface area contributed by atoms with Crippen molar-refractivity contribution in [1.82, 2.24) is 14.8 Å². The number of pyridine rings is 1. The Morgan fingerprint density at radius 3 is 2.69 bits per heavy atom. The first-order valence-electron chi connectivity index (χ1n) is 8.84. The third-order valence-corrected chi connectivity index (χ3v) is 5.40. The number of methoxy groups -OCH3 is 1. The fourth-order valence-corrected chi connectivity index (χ4v) is 3.65. The number of carbonyl (C=O) groups is 1. The Balaban J connectivity index is 1.66. The molecule has 1 saturated heterocycles. The standard InChI is InChI=1S/C20H25N3O2S/c1-25-19-14-17(26-2)4-5-18(19)20(24)23-11-3-10-22(12-13-23)15-16-6-8-21-9-7-16/h4-9,14H,3,10-13,15H2,1-2H3. The molecule has 1 aliphatic rings. The Morgan fingerprint density at radius 2 is 1.96 bits per heavy atom. The van der Waals surface area contributed by atoms with Gasteiger partial charge in [-0.05, 0) is 48.6 Å². The van der Waals surface area contributed by atoms with E-state index < -0.39 is 0 Å². The quantitative estimate of drug-likeness (QED) is 0.756. The second-order valence-corrected chi connectivity index (χ2v) is 7.22. The van der Waals surface area contributed by atoms with Crippen LogP contribution in [-0.2, 0) is 6.54 Å². The van der Waals surface area contributed by atoms with Crippen LogP contribution in [0.2, 0.25) is 0 Å². The van der Waals surface area contributed by atoms with E-state index in [1.807, 2.05) is 53.9 Å². The summed E-state index contributed by atoms with van der Waals surface area (Å²) in [4.78, 5) is 22.5. The summed E-state index contributed by atoms with van der Waals surface area (Å²) in [5, 5.41) is 0. The molecule has 1 aliphatic heterocycles. The average molecular weight is 372 g/mol. The van der Waals surface area contributed by atoms with E-state index in [0.29, 0.717) is 11.3 Å². The number of thioether (sulfide) groups is 1. The van der Waals surface area contributed by atoms with Crippen LogP contribution < -0.4 is 4.74 Å². The normalized spacial score (nSPS) is 15.5. The SMILES string of the molecule is COc1cc(SC)ccc1C(=O)N1CCCN(Cc2ccncc2)CC1. The van der Waals surface area contributed by atoms with Gasteiger partial charge in [0.1, 0.15) is 5.75 Å². The van der Waals surface area contributed by atoms with Gasteiger partial charge in [0.15, 0.2) is 0 Å². The highest BCUT2D eigenvalue weighted by atomic mass is 32.2. The van der Waals surface area contributed by atoms with Crippen LogP contribution in [0, 0.1) is 0 Å². The van der Waals surface area contributed by atoms with Crippen molar-refractivity contribution >= 4 is 17.7 Å². The largest absolute Gasteiger partial charge is 0.496 e. The molecule has 6 heteroatoms. The number of hydrogen-bond donors (Lipinski definition) is 0. The highest BCUT2D eigenvalue weighted by Gasteiger charge is 2.23. The molecule has 0 saturated carbocycles. The fraction of sp³-hybridized carbons (Fsp3) is 0.400. The van der Waals surface area contributed by atoms with Crippen LogP contribution in [0.25, 0.3) is 0 Å². The van der Waals surface area contributed by atoms with Gasteiger partial charge in [0, 0.05) is 50.0 Å². The molecule has 0 unspecified atom stereocenters. The molecule has 0 N–H and O–H groups in total. The third kappa shape index (κ3) is 4.56. The molecule has 1 amide bonds. The van der Waals surface area contributed by atoms with E-state index in [9.17, 15) is 4.79 Å². The van der Waals surface area contributed by atoms with Crippen LogP contribution in [0.1, 0.15) is 22.3 Å². The maximum Gasteiger partial charge on any atom is 0.257 e. The third-order valence-electron chi connectivity index (χ3n) is 4.67. The lowest BCUT2D eigenvalue weighted by Gasteiger charge is -2.23. The van der Waals surface area contributed by atoms with Gasteiger partial charge in [-0.1, -0.05) is 0 Å². The van der Waals surface area contributed by atoms with Crippen molar-refractivity contribution in [1.29, 1.82) is 0 Å². The molecule has 0 spiro atoms. The van der Waals surface area contributed by atoms with Crippen molar-refractivity contribution in [3.05, 3.63) is 53.9 Å². The van der Waals surface area contributed by atoms with Crippen molar-refractivity contribution in [3.63, 3.8) is 0 Å². The summed E-state index contributed by atoms with van der Waals surface area (Å²) in [6, 6.07) is 9.89. The monoisotopic (exact) mass is 371 g/mol. The molecule has 1 fully saturated rings. The number of nitrogens with zero attached hydrogens (tertiary/aromatic N) is 3. The topological polar surface area (TPSA) is 45.7 Å². The Morgan fingerprint density at radius 1 is 1.15 bits per heavy atom. The number of aromatic nitrogens is 1. The minimum absolute atomic E-state index is 0.0558. The Hall–Kier alpha value is -2.05. The van der Waals surface area contributed by atoms with Crippen LogP contribution >= 0.6 is 11.8 Å². The number of amides is 1. The summed E-state index contributed by atoms with van der Waals surface area (Å²) < 4.78 is 5.45. The van der Waals surface area contributed by atoms with Crippen molar-refractivity contribution in [2.75, 3.05) is 39.5 Å². The van der Waals surface area contributed by atoms with Crippen molar-refractivity contribution in [2.24, 2.45) is 0 Å². The van der Waals surface area contributed by atoms with Crippen LogP contribution in [0.3, 0.4) is 0 Å². The van der Waals surface area contributed by atoms with Gasteiger partial charge in [-0.3, -0.25) is 14.7 Å². The Labute approximate surface area is 159 Å². The van der Waals surface area contributed by atoms with Gasteiger partial charge in [-0.25, -0.2) is 0 Å². The number of ether oxygens (including phenoxy) is 1. The van der Waals surface area contributed by atoms with E-state index in [2.05, 4.69) is 9.88 Å². The van der Waals surface area contributed by atoms with Gasteiger partial charge in [-0.15, -0.1) is 11.8 Å². The lowest BCUT2D eigenvalue weighted by molar-refractivity contribution is 0.0757. The molecule has 138 valence electrons. The predicted octanol–water partition coefficient (Wildman–Crippen LogP) is 3.16. The zero-order valence-electron chi connectivity index (χ0n) is 15.4. The Bertz CT molecular complexity index is 739. The molecule has 3 rings (SSSR count). The number of hydrogen-bond acceptors (Lipinski definition) is 5. The van der Waals surface area contributed by atoms with E-state index in [-0.39, 0.29) is 5.91 Å². The van der Waals surface area contributed by atoms with E-state index >= 15 is 0 Å². The molecule has 2 heterocycles. The summed E-state index contributed by atoms with van der Waals surface area (Å²) >= 11 is 1.64. The van der Waals surface area contributed by atoms with E-state index in [1.165, 1.54) is 5.56 Å². The maximum absolute atomic E-state index is 13.0. The van der Waals surface area contributed by atoms with Gasteiger partial charge in [0.25, 0.3) is 5.91 Å². The molecule has 0 aliphatic carbocycles. The zero-order chi connectivity index (χ0) is 18.4. The van der Waals surface area contributed by atoms with Crippen molar-refractivity contribution in [3.8, 4) is 5.75 Å². The van der Waals surface area contributed by atoms with Gasteiger partial charge in [-0.2, -0.15) is 0 Å². The summed E-state index contributed by atoms with van der Waals surface area (Å²) in [6.07, 6.45) is 6.64. The maximum atomic E-state index is 13.0. The molecule has 0 bridgehead atoms. The van der Waals surface area contributed by atoms with Crippen molar-refractivity contribution in [2.45, 2.75) is 17.9 Å². The first-order chi connectivity index (χ1) is 12.7. The van der Waals surface area contributed by atoms with Crippen LogP contribution in [0.5, 0.6) is 5.75 Å². The van der Waals surface area contributed by atoms with Gasteiger partial charge in [0.05, 0.1) is 12.7 Å². The van der Waals surface area contributed by atoms with E-state index in [1.54, 1.807) is 18.9 Å². The summed E-state index contributed by atoms with van der Waals surface area (Å²) in [7, 11) is 1.62. The fourth-order valence-electron chi connectivity index (χ4n) is 3.22.